The monoisotopic (exact) mass is 417 g/mol. The molecule has 3 rings (SSSR count). The molecule has 0 aliphatic carbocycles. The Hall–Kier alpha value is -0.246. The summed E-state index contributed by atoms with van der Waals surface area (Å²) in [7, 11) is 0. The molecular weight excluding hydrogens is 384 g/mol. The first-order valence-corrected chi connectivity index (χ1v) is 19.7. The average Bonchev–Trinajstić information content (AvgIpc) is 2.75. The van der Waals surface area contributed by atoms with Crippen LogP contribution in [0.1, 0.15) is 51.1 Å². The van der Waals surface area contributed by atoms with E-state index in [0.29, 0.717) is 0 Å². The maximum absolute atomic E-state index is 4.83. The van der Waals surface area contributed by atoms with E-state index in [2.05, 4.69) is 39.9 Å². The van der Waals surface area contributed by atoms with Gasteiger partial charge < -0.3 is 0 Å². The summed E-state index contributed by atoms with van der Waals surface area (Å²) in [5, 5.41) is 0. The average molecular weight is 416 g/mol. The van der Waals surface area contributed by atoms with Crippen LogP contribution in [0.15, 0.2) is 29.9 Å². The third-order valence-electron chi connectivity index (χ3n) is 6.06. The van der Waals surface area contributed by atoms with Gasteiger partial charge in [0.1, 0.15) is 0 Å². The Labute approximate surface area is 147 Å². The van der Waals surface area contributed by atoms with Crippen molar-refractivity contribution in [2.75, 3.05) is 0 Å². The van der Waals surface area contributed by atoms with Crippen LogP contribution in [-0.2, 0) is 0 Å². The van der Waals surface area contributed by atoms with Gasteiger partial charge in [-0.15, -0.1) is 0 Å². The summed E-state index contributed by atoms with van der Waals surface area (Å²) in [5.74, 6) is 1.79. The van der Waals surface area contributed by atoms with E-state index in [-0.39, 0.29) is 0 Å². The predicted molar refractivity (Wildman–Crippen MR) is 106 cm³/mol. The van der Waals surface area contributed by atoms with Gasteiger partial charge in [0.05, 0.1) is 0 Å². The summed E-state index contributed by atoms with van der Waals surface area (Å²) in [6.07, 6.45) is 12.0. The van der Waals surface area contributed by atoms with Gasteiger partial charge in [0, 0.05) is 0 Å². The van der Waals surface area contributed by atoms with Crippen LogP contribution in [0.2, 0.25) is 27.0 Å². The fraction of sp³-hybridized carbons (Fsp3) is 0.650. The SMILES string of the molecule is CCB1/C(=[C](/c2ccccn2)[Sn]([CH3])([CH3])[CH3])C2CCCC1CCC2. The van der Waals surface area contributed by atoms with Crippen LogP contribution in [0.25, 0.3) is 3.59 Å². The molecule has 2 bridgehead atoms. The van der Waals surface area contributed by atoms with Crippen LogP contribution in [0.3, 0.4) is 0 Å². The van der Waals surface area contributed by atoms with E-state index < -0.39 is 18.4 Å². The standard InChI is InChI=1S/C17H23BN.3CH3.Sn/c1-2-18-15-9-5-7-14(8-6-10-15)17(18)13-16-11-3-4-12-19-16;;;;/h3-4,11-12,14-15H,2,5-10H2,1H3;3*1H3;. The van der Waals surface area contributed by atoms with E-state index in [0.717, 1.165) is 18.4 Å². The molecule has 1 nitrogen and oxygen atoms in total. The molecule has 2 saturated heterocycles. The van der Waals surface area contributed by atoms with Crippen molar-refractivity contribution < 1.29 is 0 Å². The van der Waals surface area contributed by atoms with Crippen molar-refractivity contribution in [1.29, 1.82) is 0 Å². The zero-order chi connectivity index (χ0) is 16.4. The molecule has 0 aromatic carbocycles. The number of fused-ring (bicyclic) bond motifs is 3. The summed E-state index contributed by atoms with van der Waals surface area (Å²) in [6.45, 7) is 3.26. The van der Waals surface area contributed by atoms with E-state index in [4.69, 9.17) is 4.98 Å². The number of allylic oxidation sites excluding steroid dienone is 1. The molecular formula is C20H32BNSn. The number of pyridine rings is 1. The third-order valence-corrected chi connectivity index (χ3v) is 11.9. The topological polar surface area (TPSA) is 12.9 Å². The van der Waals surface area contributed by atoms with Gasteiger partial charge in [0.15, 0.2) is 0 Å². The predicted octanol–water partition coefficient (Wildman–Crippen LogP) is 6.12. The molecule has 0 unspecified atom stereocenters. The van der Waals surface area contributed by atoms with E-state index in [1.807, 2.05) is 11.7 Å². The quantitative estimate of drug-likeness (QED) is 0.542. The van der Waals surface area contributed by atoms with Crippen LogP contribution >= 0.6 is 0 Å². The van der Waals surface area contributed by atoms with Crippen molar-refractivity contribution in [3.63, 3.8) is 0 Å². The zero-order valence-corrected chi connectivity index (χ0v) is 18.3. The Morgan fingerprint density at radius 2 is 1.83 bits per heavy atom. The summed E-state index contributed by atoms with van der Waals surface area (Å²) in [5.41, 5.74) is 3.20. The summed E-state index contributed by atoms with van der Waals surface area (Å²) in [6, 6.07) is 6.53. The van der Waals surface area contributed by atoms with Crippen molar-refractivity contribution in [2.45, 2.75) is 72.4 Å². The minimum atomic E-state index is -2.26. The van der Waals surface area contributed by atoms with Gasteiger partial charge in [-0.3, -0.25) is 0 Å². The Morgan fingerprint density at radius 3 is 2.35 bits per heavy atom. The van der Waals surface area contributed by atoms with Gasteiger partial charge in [0.25, 0.3) is 0 Å². The van der Waals surface area contributed by atoms with E-state index >= 15 is 0 Å². The molecule has 23 heavy (non-hydrogen) atoms. The number of nitrogens with zero attached hydrogens (tertiary/aromatic N) is 1. The summed E-state index contributed by atoms with van der Waals surface area (Å²) >= 11 is -2.26. The van der Waals surface area contributed by atoms with Gasteiger partial charge >= 0.3 is 148 Å². The second kappa shape index (κ2) is 7.33. The van der Waals surface area contributed by atoms with E-state index in [1.54, 1.807) is 3.59 Å². The molecule has 2 aliphatic heterocycles. The molecule has 1 aromatic rings. The summed E-state index contributed by atoms with van der Waals surface area (Å²) < 4.78 is 1.77. The molecule has 0 radical (unpaired) electrons. The van der Waals surface area contributed by atoms with Gasteiger partial charge in [0.2, 0.25) is 0 Å². The van der Waals surface area contributed by atoms with Crippen LogP contribution in [0.4, 0.5) is 0 Å². The first-order chi connectivity index (χ1) is 11.0. The first-order valence-electron chi connectivity index (χ1n) is 9.68. The third kappa shape index (κ3) is 3.72. The van der Waals surface area contributed by atoms with Gasteiger partial charge in [-0.25, -0.2) is 0 Å². The fourth-order valence-electron chi connectivity index (χ4n) is 5.23. The van der Waals surface area contributed by atoms with Crippen molar-refractivity contribution in [3.8, 4) is 0 Å². The van der Waals surface area contributed by atoms with Gasteiger partial charge in [-0.2, -0.15) is 0 Å². The molecule has 0 saturated carbocycles. The second-order valence-corrected chi connectivity index (χ2v) is 22.9. The molecule has 3 heteroatoms. The molecule has 0 N–H and O–H groups in total. The molecule has 0 amide bonds. The number of hydrogen-bond acceptors (Lipinski definition) is 1. The Kier molecular flexibility index (Phi) is 5.60. The zero-order valence-electron chi connectivity index (χ0n) is 15.4. The van der Waals surface area contributed by atoms with E-state index in [1.165, 1.54) is 50.5 Å². The Bertz CT molecular complexity index is 551. The minimum absolute atomic E-state index is 0.831. The maximum atomic E-state index is 4.83. The molecule has 0 atom stereocenters. The van der Waals surface area contributed by atoms with Crippen LogP contribution < -0.4 is 0 Å². The van der Waals surface area contributed by atoms with Crippen LogP contribution in [-0.4, -0.2) is 30.1 Å². The van der Waals surface area contributed by atoms with Crippen LogP contribution in [0, 0.1) is 5.92 Å². The fourth-order valence-corrected chi connectivity index (χ4v) is 11.4. The van der Waals surface area contributed by atoms with E-state index in [9.17, 15) is 0 Å². The molecule has 2 aliphatic rings. The Morgan fingerprint density at radius 1 is 1.13 bits per heavy atom. The molecule has 2 fully saturated rings. The molecule has 124 valence electrons. The number of rotatable bonds is 3. The Balaban J connectivity index is 2.22. The van der Waals surface area contributed by atoms with Crippen molar-refractivity contribution >= 4 is 28.7 Å². The van der Waals surface area contributed by atoms with Crippen molar-refractivity contribution in [2.24, 2.45) is 5.92 Å². The number of aromatic nitrogens is 1. The molecule has 3 heterocycles. The number of hydrogen-bond donors (Lipinski definition) is 0. The molecule has 1 aromatic heterocycles. The van der Waals surface area contributed by atoms with Crippen molar-refractivity contribution in [1.82, 2.24) is 4.98 Å². The van der Waals surface area contributed by atoms with Gasteiger partial charge in [-0.05, 0) is 0 Å². The van der Waals surface area contributed by atoms with Crippen molar-refractivity contribution in [3.05, 3.63) is 35.6 Å². The van der Waals surface area contributed by atoms with Crippen LogP contribution in [0.5, 0.6) is 0 Å². The first kappa shape index (κ1) is 17.6. The normalized spacial score (nSPS) is 27.6. The van der Waals surface area contributed by atoms with Gasteiger partial charge in [-0.1, -0.05) is 0 Å². The molecule has 0 spiro atoms. The summed E-state index contributed by atoms with van der Waals surface area (Å²) in [4.78, 5) is 12.6. The second-order valence-electron chi connectivity index (χ2n) is 8.63.